The molecular weight excluding hydrogens is 254 g/mol. The highest BCUT2D eigenvalue weighted by molar-refractivity contribution is 5.85. The summed E-state index contributed by atoms with van der Waals surface area (Å²) >= 11 is 0. The summed E-state index contributed by atoms with van der Waals surface area (Å²) in [6, 6.07) is -0.676. The zero-order valence-corrected chi connectivity index (χ0v) is 10.4. The topological polar surface area (TPSA) is 131 Å². The van der Waals surface area contributed by atoms with Crippen molar-refractivity contribution in [2.45, 2.75) is 6.54 Å². The number of nitrogens with zero attached hydrogens (tertiary/aromatic N) is 3. The van der Waals surface area contributed by atoms with Crippen molar-refractivity contribution in [2.75, 3.05) is 13.1 Å². The molecule has 3 amide bonds. The van der Waals surface area contributed by atoms with Gasteiger partial charge in [0, 0.05) is 25.4 Å². The van der Waals surface area contributed by atoms with E-state index >= 15 is 0 Å². The number of hydrogen-bond acceptors (Lipinski definition) is 4. The molecular formula is C10H15N5O4. The van der Waals surface area contributed by atoms with E-state index in [4.69, 9.17) is 10.8 Å². The fourth-order valence-corrected chi connectivity index (χ4v) is 1.40. The van der Waals surface area contributed by atoms with Gasteiger partial charge in [-0.2, -0.15) is 5.10 Å². The number of aryl methyl sites for hydroxylation is 1. The Kier molecular flexibility index (Phi) is 4.86. The van der Waals surface area contributed by atoms with Crippen LogP contribution in [0.4, 0.5) is 4.79 Å². The van der Waals surface area contributed by atoms with Crippen LogP contribution in [0, 0.1) is 0 Å². The number of urea groups is 1. The van der Waals surface area contributed by atoms with Gasteiger partial charge in [-0.05, 0) is 0 Å². The lowest BCUT2D eigenvalue weighted by atomic mass is 10.3. The molecule has 0 aliphatic heterocycles. The van der Waals surface area contributed by atoms with Crippen LogP contribution < -0.4 is 11.1 Å². The summed E-state index contributed by atoms with van der Waals surface area (Å²) < 4.78 is 1.57. The number of aliphatic carboxylic acids is 1. The number of nitrogens with one attached hydrogen (secondary N) is 1. The van der Waals surface area contributed by atoms with E-state index in [2.05, 4.69) is 10.4 Å². The predicted molar refractivity (Wildman–Crippen MR) is 63.8 cm³/mol. The number of nitrogens with two attached hydrogens (primary N) is 1. The van der Waals surface area contributed by atoms with Gasteiger partial charge >= 0.3 is 12.0 Å². The Morgan fingerprint density at radius 2 is 2.16 bits per heavy atom. The Labute approximate surface area is 109 Å². The molecule has 9 nitrogen and oxygen atoms in total. The van der Waals surface area contributed by atoms with E-state index in [0.29, 0.717) is 0 Å². The highest BCUT2D eigenvalue weighted by Gasteiger charge is 2.18. The lowest BCUT2D eigenvalue weighted by molar-refractivity contribution is -0.137. The molecule has 1 rings (SSSR count). The van der Waals surface area contributed by atoms with Crippen molar-refractivity contribution < 1.29 is 19.5 Å². The normalized spacial score (nSPS) is 9.95. The molecule has 0 saturated carbocycles. The second kappa shape index (κ2) is 6.38. The molecule has 0 radical (unpaired) electrons. The van der Waals surface area contributed by atoms with Gasteiger partial charge in [-0.25, -0.2) is 4.79 Å². The van der Waals surface area contributed by atoms with Crippen LogP contribution >= 0.6 is 0 Å². The molecule has 0 unspecified atom stereocenters. The largest absolute Gasteiger partial charge is 0.480 e. The average molecular weight is 269 g/mol. The fourth-order valence-electron chi connectivity index (χ4n) is 1.40. The van der Waals surface area contributed by atoms with Crippen LogP contribution in [0.15, 0.2) is 12.4 Å². The number of amides is 3. The molecule has 1 aromatic rings. The second-order valence-electron chi connectivity index (χ2n) is 3.90. The molecule has 0 saturated heterocycles. The molecule has 0 aliphatic rings. The number of carboxylic acids is 1. The average Bonchev–Trinajstić information content (AvgIpc) is 2.70. The minimum Gasteiger partial charge on any atom is -0.480 e. The van der Waals surface area contributed by atoms with E-state index in [-0.39, 0.29) is 6.54 Å². The zero-order chi connectivity index (χ0) is 14.4. The van der Waals surface area contributed by atoms with E-state index in [1.165, 1.54) is 0 Å². The Balaban J connectivity index is 2.55. The van der Waals surface area contributed by atoms with Crippen molar-refractivity contribution in [3.8, 4) is 0 Å². The predicted octanol–water partition coefficient (Wildman–Crippen LogP) is -1.50. The van der Waals surface area contributed by atoms with Crippen LogP contribution in [0.25, 0.3) is 0 Å². The number of hydrogen-bond donors (Lipinski definition) is 3. The summed E-state index contributed by atoms with van der Waals surface area (Å²) in [4.78, 5) is 33.9. The minimum atomic E-state index is -1.22. The van der Waals surface area contributed by atoms with Crippen LogP contribution in [-0.4, -0.2) is 50.8 Å². The quantitative estimate of drug-likeness (QED) is 0.578. The lowest BCUT2D eigenvalue weighted by Gasteiger charge is -2.19. The van der Waals surface area contributed by atoms with E-state index in [9.17, 15) is 14.4 Å². The van der Waals surface area contributed by atoms with Crippen molar-refractivity contribution in [2.24, 2.45) is 12.8 Å². The minimum absolute atomic E-state index is 0.182. The maximum Gasteiger partial charge on any atom is 0.323 e. The Morgan fingerprint density at radius 3 is 2.63 bits per heavy atom. The molecule has 0 aromatic carbocycles. The van der Waals surface area contributed by atoms with Crippen LogP contribution in [0.5, 0.6) is 0 Å². The van der Waals surface area contributed by atoms with Gasteiger partial charge in [-0.15, -0.1) is 0 Å². The molecule has 9 heteroatoms. The summed E-state index contributed by atoms with van der Waals surface area (Å²) in [6.07, 6.45) is 3.27. The summed E-state index contributed by atoms with van der Waals surface area (Å²) in [7, 11) is 1.73. The molecule has 104 valence electrons. The highest BCUT2D eigenvalue weighted by atomic mass is 16.4. The summed E-state index contributed by atoms with van der Waals surface area (Å²) in [6.45, 7) is -0.867. The molecule has 1 aromatic heterocycles. The second-order valence-corrected chi connectivity index (χ2v) is 3.90. The maximum atomic E-state index is 11.7. The Bertz CT molecular complexity index is 468. The van der Waals surface area contributed by atoms with E-state index in [1.807, 2.05) is 0 Å². The fraction of sp³-hybridized carbons (Fsp3) is 0.400. The summed E-state index contributed by atoms with van der Waals surface area (Å²) in [5.74, 6) is -2.00. The van der Waals surface area contributed by atoms with Crippen molar-refractivity contribution in [1.29, 1.82) is 0 Å². The van der Waals surface area contributed by atoms with Crippen molar-refractivity contribution in [3.63, 3.8) is 0 Å². The van der Waals surface area contributed by atoms with Crippen LogP contribution in [0.1, 0.15) is 5.56 Å². The standard InChI is InChI=1S/C10H15N5O4/c1-14-4-7(3-13-14)2-12-10(19)15(5-8(11)16)6-9(17)18/h3-4H,2,5-6H2,1H3,(H2,11,16)(H,12,19)(H,17,18). The van der Waals surface area contributed by atoms with Gasteiger partial charge < -0.3 is 21.1 Å². The van der Waals surface area contributed by atoms with E-state index < -0.39 is 31.0 Å². The molecule has 0 aliphatic carbocycles. The van der Waals surface area contributed by atoms with Gasteiger partial charge in [0.25, 0.3) is 0 Å². The highest BCUT2D eigenvalue weighted by Crippen LogP contribution is 1.97. The molecule has 0 spiro atoms. The number of primary amides is 1. The molecule has 4 N–H and O–H groups in total. The SMILES string of the molecule is Cn1cc(CNC(=O)N(CC(N)=O)CC(=O)O)cn1. The van der Waals surface area contributed by atoms with E-state index in [0.717, 1.165) is 10.5 Å². The maximum absolute atomic E-state index is 11.7. The molecule has 19 heavy (non-hydrogen) atoms. The third-order valence-corrected chi connectivity index (χ3v) is 2.16. The van der Waals surface area contributed by atoms with Crippen molar-refractivity contribution >= 4 is 17.9 Å². The van der Waals surface area contributed by atoms with Crippen LogP contribution in [0.2, 0.25) is 0 Å². The van der Waals surface area contributed by atoms with Gasteiger partial charge in [0.1, 0.15) is 13.1 Å². The van der Waals surface area contributed by atoms with Gasteiger partial charge in [0.05, 0.1) is 6.20 Å². The lowest BCUT2D eigenvalue weighted by Crippen LogP contribution is -2.46. The van der Waals surface area contributed by atoms with Crippen molar-refractivity contribution in [1.82, 2.24) is 20.0 Å². The first kappa shape index (κ1) is 14.5. The number of carbonyl (C=O) groups excluding carboxylic acids is 2. The number of rotatable bonds is 6. The zero-order valence-electron chi connectivity index (χ0n) is 10.4. The number of aromatic nitrogens is 2. The number of carbonyl (C=O) groups is 3. The Morgan fingerprint density at radius 1 is 1.47 bits per heavy atom. The first-order chi connectivity index (χ1) is 8.88. The molecule has 0 fully saturated rings. The number of carboxylic acid groups (broad SMARTS) is 1. The third-order valence-electron chi connectivity index (χ3n) is 2.16. The molecule has 0 atom stereocenters. The van der Waals surface area contributed by atoms with Crippen LogP contribution in [-0.2, 0) is 23.2 Å². The van der Waals surface area contributed by atoms with Crippen LogP contribution in [0.3, 0.4) is 0 Å². The van der Waals surface area contributed by atoms with Gasteiger partial charge in [-0.3, -0.25) is 14.3 Å². The smallest absolute Gasteiger partial charge is 0.323 e. The molecule has 1 heterocycles. The van der Waals surface area contributed by atoms with Gasteiger partial charge in [-0.1, -0.05) is 0 Å². The first-order valence-electron chi connectivity index (χ1n) is 5.39. The van der Waals surface area contributed by atoms with Gasteiger partial charge in [0.15, 0.2) is 0 Å². The third kappa shape index (κ3) is 5.06. The Hall–Kier alpha value is -2.58. The van der Waals surface area contributed by atoms with Gasteiger partial charge in [0.2, 0.25) is 5.91 Å². The summed E-state index contributed by atoms with van der Waals surface area (Å²) in [5.41, 5.74) is 5.71. The summed E-state index contributed by atoms with van der Waals surface area (Å²) in [5, 5.41) is 15.1. The molecule has 0 bridgehead atoms. The van der Waals surface area contributed by atoms with E-state index in [1.54, 1.807) is 24.1 Å². The van der Waals surface area contributed by atoms with Crippen molar-refractivity contribution in [3.05, 3.63) is 18.0 Å². The first-order valence-corrected chi connectivity index (χ1v) is 5.39. The monoisotopic (exact) mass is 269 g/mol.